The van der Waals surface area contributed by atoms with Crippen molar-refractivity contribution in [2.24, 2.45) is 5.73 Å². The number of alkyl carbamates (subject to hydrolysis) is 1. The number of nitrogens with one attached hydrogen (secondary N) is 1. The number of amides is 1. The summed E-state index contributed by atoms with van der Waals surface area (Å²) in [7, 11) is 0. The average Bonchev–Trinajstić information content (AvgIpc) is 2.38. The number of nitrogens with two attached hydrogens (primary N) is 1. The van der Waals surface area contributed by atoms with Gasteiger partial charge in [0.2, 0.25) is 0 Å². The van der Waals surface area contributed by atoms with Gasteiger partial charge in [-0.15, -0.1) is 12.4 Å². The maximum Gasteiger partial charge on any atom is 0.408 e. The summed E-state index contributed by atoms with van der Waals surface area (Å²) in [5.41, 5.74) is 6.51. The van der Waals surface area contributed by atoms with Crippen LogP contribution < -0.4 is 11.1 Å². The van der Waals surface area contributed by atoms with E-state index < -0.39 is 11.8 Å². The largest absolute Gasteiger partial charge is 0.445 e. The second-order valence-electron chi connectivity index (χ2n) is 4.90. The zero-order chi connectivity index (χ0) is 12.8. The normalized spacial score (nSPS) is 17.1. The number of hydrogen-bond donors (Lipinski definition) is 2. The summed E-state index contributed by atoms with van der Waals surface area (Å²) >= 11 is 0. The summed E-state index contributed by atoms with van der Waals surface area (Å²) in [5, 5.41) is 2.78. The summed E-state index contributed by atoms with van der Waals surface area (Å²) in [5.74, 6) is 0. The molecule has 1 amide bonds. The van der Waals surface area contributed by atoms with Crippen LogP contribution in [0, 0.1) is 0 Å². The van der Waals surface area contributed by atoms with Gasteiger partial charge in [-0.1, -0.05) is 36.8 Å². The molecule has 1 aliphatic rings. The van der Waals surface area contributed by atoms with Crippen LogP contribution in [0.2, 0.25) is 0 Å². The smallest absolute Gasteiger partial charge is 0.408 e. The summed E-state index contributed by atoms with van der Waals surface area (Å²) in [6.45, 7) is 0.281. The summed E-state index contributed by atoms with van der Waals surface area (Å²) in [6.07, 6.45) is 4.55. The standard InChI is InChI=1S/C14H20N2O2.ClH/c15-14(9-5-2-6-10-14)16-13(17)18-11-12-7-3-1-4-8-12;/h1,3-4,7-8H,2,5-6,9-11,15H2,(H,16,17);1H. The first kappa shape index (κ1) is 15.8. The molecule has 1 aliphatic carbocycles. The summed E-state index contributed by atoms with van der Waals surface area (Å²) < 4.78 is 5.17. The lowest BCUT2D eigenvalue weighted by atomic mass is 9.90. The second-order valence-corrected chi connectivity index (χ2v) is 4.90. The predicted octanol–water partition coefficient (Wildman–Crippen LogP) is 2.95. The van der Waals surface area contributed by atoms with Crippen LogP contribution in [-0.2, 0) is 11.3 Å². The van der Waals surface area contributed by atoms with E-state index in [0.29, 0.717) is 0 Å². The highest BCUT2D eigenvalue weighted by molar-refractivity contribution is 5.85. The number of carbonyl (C=O) groups is 1. The second kappa shape index (κ2) is 7.36. The van der Waals surface area contributed by atoms with E-state index in [-0.39, 0.29) is 19.0 Å². The molecular formula is C14H21ClN2O2. The van der Waals surface area contributed by atoms with Gasteiger partial charge >= 0.3 is 6.09 Å². The van der Waals surface area contributed by atoms with Crippen molar-refractivity contribution in [2.45, 2.75) is 44.4 Å². The SMILES string of the molecule is Cl.NC1(NC(=O)OCc2ccccc2)CCCCC1. The molecule has 0 saturated heterocycles. The number of rotatable bonds is 3. The van der Waals surface area contributed by atoms with Crippen molar-refractivity contribution < 1.29 is 9.53 Å². The molecule has 19 heavy (non-hydrogen) atoms. The zero-order valence-electron chi connectivity index (χ0n) is 10.9. The number of halogens is 1. The van der Waals surface area contributed by atoms with Crippen molar-refractivity contribution >= 4 is 18.5 Å². The highest BCUT2D eigenvalue weighted by Crippen LogP contribution is 2.23. The summed E-state index contributed by atoms with van der Waals surface area (Å²) in [6, 6.07) is 9.61. The highest BCUT2D eigenvalue weighted by Gasteiger charge is 2.29. The molecule has 0 atom stereocenters. The predicted molar refractivity (Wildman–Crippen MR) is 77.0 cm³/mol. The molecule has 4 nitrogen and oxygen atoms in total. The van der Waals surface area contributed by atoms with E-state index in [2.05, 4.69) is 5.32 Å². The van der Waals surface area contributed by atoms with Gasteiger partial charge in [-0.25, -0.2) is 4.79 Å². The molecule has 1 aromatic rings. The summed E-state index contributed by atoms with van der Waals surface area (Å²) in [4.78, 5) is 11.7. The third-order valence-corrected chi connectivity index (χ3v) is 3.31. The quantitative estimate of drug-likeness (QED) is 0.839. The van der Waals surface area contributed by atoms with Gasteiger partial charge in [0.15, 0.2) is 0 Å². The van der Waals surface area contributed by atoms with E-state index in [4.69, 9.17) is 10.5 Å². The minimum atomic E-state index is -0.577. The van der Waals surface area contributed by atoms with Gasteiger partial charge in [-0.3, -0.25) is 0 Å². The fourth-order valence-corrected chi connectivity index (χ4v) is 2.27. The van der Waals surface area contributed by atoms with E-state index in [9.17, 15) is 4.79 Å². The Hall–Kier alpha value is -1.26. The van der Waals surface area contributed by atoms with Gasteiger partial charge in [0.25, 0.3) is 0 Å². The van der Waals surface area contributed by atoms with Crippen LogP contribution in [-0.4, -0.2) is 11.8 Å². The van der Waals surface area contributed by atoms with Gasteiger partial charge in [-0.2, -0.15) is 0 Å². The maximum absolute atomic E-state index is 11.7. The molecule has 5 heteroatoms. The Kier molecular flexibility index (Phi) is 6.12. The van der Waals surface area contributed by atoms with Crippen molar-refractivity contribution in [1.82, 2.24) is 5.32 Å². The van der Waals surface area contributed by atoms with Gasteiger partial charge in [0, 0.05) is 0 Å². The lowest BCUT2D eigenvalue weighted by Gasteiger charge is -2.33. The van der Waals surface area contributed by atoms with E-state index in [1.807, 2.05) is 30.3 Å². The third-order valence-electron chi connectivity index (χ3n) is 3.31. The first-order valence-corrected chi connectivity index (χ1v) is 6.46. The van der Waals surface area contributed by atoms with Crippen LogP contribution in [0.5, 0.6) is 0 Å². The molecule has 0 bridgehead atoms. The highest BCUT2D eigenvalue weighted by atomic mass is 35.5. The van der Waals surface area contributed by atoms with Gasteiger partial charge in [-0.05, 0) is 31.2 Å². The average molecular weight is 285 g/mol. The van der Waals surface area contributed by atoms with Crippen LogP contribution in [0.15, 0.2) is 30.3 Å². The van der Waals surface area contributed by atoms with Crippen LogP contribution in [0.3, 0.4) is 0 Å². The van der Waals surface area contributed by atoms with Crippen LogP contribution in [0.1, 0.15) is 37.7 Å². The number of ether oxygens (including phenoxy) is 1. The van der Waals surface area contributed by atoms with Crippen LogP contribution in [0.4, 0.5) is 4.79 Å². The molecule has 0 aliphatic heterocycles. The van der Waals surface area contributed by atoms with Crippen molar-refractivity contribution in [2.75, 3.05) is 0 Å². The molecule has 1 fully saturated rings. The van der Waals surface area contributed by atoms with E-state index in [0.717, 1.165) is 31.2 Å². The minimum Gasteiger partial charge on any atom is -0.445 e. The van der Waals surface area contributed by atoms with Crippen molar-refractivity contribution in [3.63, 3.8) is 0 Å². The number of hydrogen-bond acceptors (Lipinski definition) is 3. The molecular weight excluding hydrogens is 264 g/mol. The fraction of sp³-hybridized carbons (Fsp3) is 0.500. The lowest BCUT2D eigenvalue weighted by molar-refractivity contribution is 0.118. The molecule has 0 aromatic heterocycles. The van der Waals surface area contributed by atoms with Gasteiger partial charge < -0.3 is 15.8 Å². The minimum absolute atomic E-state index is 0. The lowest BCUT2D eigenvalue weighted by Crippen LogP contribution is -2.56. The zero-order valence-corrected chi connectivity index (χ0v) is 11.7. The van der Waals surface area contributed by atoms with E-state index >= 15 is 0 Å². The Morgan fingerprint density at radius 3 is 2.47 bits per heavy atom. The first-order valence-electron chi connectivity index (χ1n) is 6.46. The Balaban J connectivity index is 0.00000180. The Morgan fingerprint density at radius 1 is 1.21 bits per heavy atom. The molecule has 0 radical (unpaired) electrons. The molecule has 2 rings (SSSR count). The van der Waals surface area contributed by atoms with Crippen molar-refractivity contribution in [3.8, 4) is 0 Å². The van der Waals surface area contributed by atoms with Gasteiger partial charge in [0.1, 0.15) is 6.61 Å². The molecule has 0 unspecified atom stereocenters. The maximum atomic E-state index is 11.7. The van der Waals surface area contributed by atoms with Crippen molar-refractivity contribution in [3.05, 3.63) is 35.9 Å². The molecule has 0 heterocycles. The van der Waals surface area contributed by atoms with E-state index in [1.54, 1.807) is 0 Å². The molecule has 106 valence electrons. The monoisotopic (exact) mass is 284 g/mol. The number of benzene rings is 1. The van der Waals surface area contributed by atoms with Gasteiger partial charge in [0.05, 0.1) is 5.66 Å². The molecule has 0 spiro atoms. The molecule has 3 N–H and O–H groups in total. The fourth-order valence-electron chi connectivity index (χ4n) is 2.27. The Morgan fingerprint density at radius 2 is 1.84 bits per heavy atom. The Labute approximate surface area is 120 Å². The third kappa shape index (κ3) is 5.09. The van der Waals surface area contributed by atoms with Crippen molar-refractivity contribution in [1.29, 1.82) is 0 Å². The number of carbonyl (C=O) groups excluding carboxylic acids is 1. The topological polar surface area (TPSA) is 64.3 Å². The van der Waals surface area contributed by atoms with Crippen LogP contribution >= 0.6 is 12.4 Å². The van der Waals surface area contributed by atoms with E-state index in [1.165, 1.54) is 6.42 Å². The van der Waals surface area contributed by atoms with Crippen LogP contribution in [0.25, 0.3) is 0 Å². The Bertz CT molecular complexity index is 392. The molecule has 1 aromatic carbocycles. The first-order chi connectivity index (χ1) is 8.68. The molecule has 1 saturated carbocycles.